The fourth-order valence-electron chi connectivity index (χ4n) is 2.35. The largest absolute Gasteiger partial charge is 0.478 e. The zero-order valence-electron chi connectivity index (χ0n) is 11.8. The molecule has 0 unspecified atom stereocenters. The van der Waals surface area contributed by atoms with Gasteiger partial charge >= 0.3 is 12.0 Å². The van der Waals surface area contributed by atoms with Crippen LogP contribution < -0.4 is 10.6 Å². The Morgan fingerprint density at radius 3 is 2.55 bits per heavy atom. The molecule has 1 aliphatic rings. The summed E-state index contributed by atoms with van der Waals surface area (Å²) in [5.41, 5.74) is 1.82. The quantitative estimate of drug-likeness (QED) is 0.791. The first kappa shape index (κ1) is 14.4. The number of carboxylic acids is 1. The number of amides is 2. The normalized spacial score (nSPS) is 16.1. The maximum atomic E-state index is 11.8. The van der Waals surface area contributed by atoms with Gasteiger partial charge in [0.1, 0.15) is 0 Å². The number of carboxylic acid groups (broad SMARTS) is 1. The number of anilines is 1. The molecule has 3 N–H and O–H groups in total. The third-order valence-corrected chi connectivity index (χ3v) is 3.96. The van der Waals surface area contributed by atoms with Crippen molar-refractivity contribution >= 4 is 17.7 Å². The average Bonchev–Trinajstić information content (AvgIpc) is 2.36. The van der Waals surface area contributed by atoms with E-state index in [9.17, 15) is 9.59 Å². The molecule has 5 heteroatoms. The van der Waals surface area contributed by atoms with Crippen molar-refractivity contribution in [3.05, 3.63) is 29.3 Å². The van der Waals surface area contributed by atoms with Crippen LogP contribution in [0.5, 0.6) is 0 Å². The Morgan fingerprint density at radius 2 is 2.05 bits per heavy atom. The summed E-state index contributed by atoms with van der Waals surface area (Å²) < 4.78 is 0. The lowest BCUT2D eigenvalue weighted by molar-refractivity contribution is 0.0697. The molecule has 0 aliphatic heterocycles. The number of carbonyl (C=O) groups excluding carboxylic acids is 1. The molecular weight excluding hydrogens is 256 g/mol. The van der Waals surface area contributed by atoms with E-state index in [4.69, 9.17) is 5.11 Å². The number of rotatable bonds is 4. The second kappa shape index (κ2) is 5.53. The van der Waals surface area contributed by atoms with E-state index in [1.807, 2.05) is 0 Å². The van der Waals surface area contributed by atoms with E-state index in [2.05, 4.69) is 17.6 Å². The predicted molar refractivity (Wildman–Crippen MR) is 77.1 cm³/mol. The highest BCUT2D eigenvalue weighted by atomic mass is 16.4. The Bertz CT molecular complexity index is 536. The number of carbonyl (C=O) groups is 2. The van der Waals surface area contributed by atoms with Gasteiger partial charge in [0, 0.05) is 12.2 Å². The van der Waals surface area contributed by atoms with Gasteiger partial charge in [0.25, 0.3) is 0 Å². The Balaban J connectivity index is 1.92. The van der Waals surface area contributed by atoms with Crippen molar-refractivity contribution in [2.24, 2.45) is 5.41 Å². The van der Waals surface area contributed by atoms with Gasteiger partial charge in [-0.1, -0.05) is 13.3 Å². The summed E-state index contributed by atoms with van der Waals surface area (Å²) >= 11 is 0. The van der Waals surface area contributed by atoms with Crippen molar-refractivity contribution in [2.75, 3.05) is 11.9 Å². The SMILES string of the molecule is Cc1cc(C(=O)O)ccc1NC(=O)NCC1(C)CCC1. The third-order valence-electron chi connectivity index (χ3n) is 3.96. The molecule has 5 nitrogen and oxygen atoms in total. The maximum absolute atomic E-state index is 11.8. The third kappa shape index (κ3) is 3.29. The van der Waals surface area contributed by atoms with Crippen LogP contribution in [0.2, 0.25) is 0 Å². The first-order chi connectivity index (χ1) is 9.39. The number of hydrogen-bond donors (Lipinski definition) is 3. The lowest BCUT2D eigenvalue weighted by Gasteiger charge is -2.38. The van der Waals surface area contributed by atoms with Crippen LogP contribution in [0, 0.1) is 12.3 Å². The van der Waals surface area contributed by atoms with Crippen LogP contribution in [-0.2, 0) is 0 Å². The topological polar surface area (TPSA) is 78.4 Å². The van der Waals surface area contributed by atoms with Gasteiger partial charge in [0.15, 0.2) is 0 Å². The van der Waals surface area contributed by atoms with E-state index >= 15 is 0 Å². The minimum Gasteiger partial charge on any atom is -0.478 e. The molecular formula is C15H20N2O3. The van der Waals surface area contributed by atoms with Crippen molar-refractivity contribution in [1.29, 1.82) is 0 Å². The van der Waals surface area contributed by atoms with Crippen molar-refractivity contribution < 1.29 is 14.7 Å². The molecule has 0 radical (unpaired) electrons. The first-order valence-corrected chi connectivity index (χ1v) is 6.78. The van der Waals surface area contributed by atoms with Crippen LogP contribution >= 0.6 is 0 Å². The predicted octanol–water partition coefficient (Wildman–Crippen LogP) is 3.00. The van der Waals surface area contributed by atoms with Crippen molar-refractivity contribution in [1.82, 2.24) is 5.32 Å². The number of nitrogens with one attached hydrogen (secondary N) is 2. The summed E-state index contributed by atoms with van der Waals surface area (Å²) in [5, 5.41) is 14.5. The highest BCUT2D eigenvalue weighted by Gasteiger charge is 2.31. The van der Waals surface area contributed by atoms with Gasteiger partial charge < -0.3 is 15.7 Å². The summed E-state index contributed by atoms with van der Waals surface area (Å²) in [5.74, 6) is -0.970. The van der Waals surface area contributed by atoms with Crippen molar-refractivity contribution in [3.8, 4) is 0 Å². The van der Waals surface area contributed by atoms with Crippen molar-refractivity contribution in [3.63, 3.8) is 0 Å². The number of aromatic carboxylic acids is 1. The van der Waals surface area contributed by atoms with E-state index in [0.717, 1.165) is 18.4 Å². The first-order valence-electron chi connectivity index (χ1n) is 6.78. The Morgan fingerprint density at radius 1 is 1.35 bits per heavy atom. The Kier molecular flexibility index (Phi) is 3.97. The van der Waals surface area contributed by atoms with Gasteiger partial charge in [-0.05, 0) is 48.9 Å². The highest BCUT2D eigenvalue weighted by molar-refractivity contribution is 5.92. The summed E-state index contributed by atoms with van der Waals surface area (Å²) in [6, 6.07) is 4.40. The minimum absolute atomic E-state index is 0.218. The molecule has 1 aliphatic carbocycles. The molecule has 1 aromatic rings. The zero-order chi connectivity index (χ0) is 14.8. The molecule has 1 saturated carbocycles. The van der Waals surface area contributed by atoms with E-state index in [-0.39, 0.29) is 17.0 Å². The Labute approximate surface area is 118 Å². The van der Waals surface area contributed by atoms with E-state index < -0.39 is 5.97 Å². The summed E-state index contributed by atoms with van der Waals surface area (Å²) in [6.07, 6.45) is 3.54. The average molecular weight is 276 g/mol. The van der Waals surface area contributed by atoms with Gasteiger partial charge in [-0.15, -0.1) is 0 Å². The number of urea groups is 1. The van der Waals surface area contributed by atoms with Gasteiger partial charge in [-0.2, -0.15) is 0 Å². The fourth-order valence-corrected chi connectivity index (χ4v) is 2.35. The zero-order valence-corrected chi connectivity index (χ0v) is 11.8. The molecule has 2 amide bonds. The fraction of sp³-hybridized carbons (Fsp3) is 0.467. The van der Waals surface area contributed by atoms with Crippen LogP contribution in [0.15, 0.2) is 18.2 Å². The second-order valence-electron chi connectivity index (χ2n) is 5.81. The molecule has 20 heavy (non-hydrogen) atoms. The standard InChI is InChI=1S/C15H20N2O3/c1-10-8-11(13(18)19)4-5-12(10)17-14(20)16-9-15(2)6-3-7-15/h4-5,8H,3,6-7,9H2,1-2H3,(H,18,19)(H2,16,17,20). The van der Waals surface area contributed by atoms with Crippen LogP contribution in [-0.4, -0.2) is 23.7 Å². The van der Waals surface area contributed by atoms with Gasteiger partial charge in [0.2, 0.25) is 0 Å². The molecule has 108 valence electrons. The number of hydrogen-bond acceptors (Lipinski definition) is 2. The van der Waals surface area contributed by atoms with Crippen LogP contribution in [0.4, 0.5) is 10.5 Å². The summed E-state index contributed by atoms with van der Waals surface area (Å²) in [4.78, 5) is 22.7. The summed E-state index contributed by atoms with van der Waals surface area (Å²) in [6.45, 7) is 4.62. The number of aryl methyl sites for hydroxylation is 1. The minimum atomic E-state index is -0.970. The molecule has 0 bridgehead atoms. The molecule has 0 spiro atoms. The molecule has 1 aromatic carbocycles. The van der Waals surface area contributed by atoms with E-state index in [1.165, 1.54) is 12.5 Å². The van der Waals surface area contributed by atoms with Crippen LogP contribution in [0.3, 0.4) is 0 Å². The van der Waals surface area contributed by atoms with Crippen LogP contribution in [0.1, 0.15) is 42.1 Å². The van der Waals surface area contributed by atoms with E-state index in [0.29, 0.717) is 12.2 Å². The molecule has 0 saturated heterocycles. The second-order valence-corrected chi connectivity index (χ2v) is 5.81. The van der Waals surface area contributed by atoms with Crippen LogP contribution in [0.25, 0.3) is 0 Å². The molecule has 0 atom stereocenters. The highest BCUT2D eigenvalue weighted by Crippen LogP contribution is 2.39. The van der Waals surface area contributed by atoms with Gasteiger partial charge in [0.05, 0.1) is 5.56 Å². The van der Waals surface area contributed by atoms with Crippen molar-refractivity contribution in [2.45, 2.75) is 33.1 Å². The van der Waals surface area contributed by atoms with Gasteiger partial charge in [-0.25, -0.2) is 9.59 Å². The molecule has 0 aromatic heterocycles. The smallest absolute Gasteiger partial charge is 0.335 e. The molecule has 2 rings (SSSR count). The van der Waals surface area contributed by atoms with Gasteiger partial charge in [-0.3, -0.25) is 0 Å². The lowest BCUT2D eigenvalue weighted by atomic mass is 9.70. The number of benzene rings is 1. The monoisotopic (exact) mass is 276 g/mol. The summed E-state index contributed by atoms with van der Waals surface area (Å²) in [7, 11) is 0. The lowest BCUT2D eigenvalue weighted by Crippen LogP contribution is -2.41. The molecule has 0 heterocycles. The maximum Gasteiger partial charge on any atom is 0.335 e. The Hall–Kier alpha value is -2.04. The van der Waals surface area contributed by atoms with E-state index in [1.54, 1.807) is 19.1 Å². The molecule has 1 fully saturated rings.